The van der Waals surface area contributed by atoms with Crippen LogP contribution in [-0.4, -0.2) is 36.5 Å². The Labute approximate surface area is 158 Å². The normalized spacial score (nSPS) is 11.3. The summed E-state index contributed by atoms with van der Waals surface area (Å²) in [7, 11) is -3.47. The monoisotopic (exact) mass is 407 g/mol. The average molecular weight is 407 g/mol. The fourth-order valence-corrected chi connectivity index (χ4v) is 3.59. The minimum atomic E-state index is -3.47. The van der Waals surface area contributed by atoms with Crippen molar-refractivity contribution in [3.8, 4) is 11.5 Å². The predicted molar refractivity (Wildman–Crippen MR) is 98.6 cm³/mol. The van der Waals surface area contributed by atoms with E-state index in [0.29, 0.717) is 5.56 Å². The number of aromatic nitrogens is 2. The van der Waals surface area contributed by atoms with E-state index in [2.05, 4.69) is 15.5 Å². The number of para-hydroxylation sites is 1. The van der Waals surface area contributed by atoms with Crippen LogP contribution in [0.25, 0.3) is 11.5 Å². The van der Waals surface area contributed by atoms with Crippen LogP contribution in [0.15, 0.2) is 63.1 Å². The highest BCUT2D eigenvalue weighted by atomic mass is 32.2. The van der Waals surface area contributed by atoms with Gasteiger partial charge < -0.3 is 9.73 Å². The molecule has 0 atom stereocenters. The van der Waals surface area contributed by atoms with E-state index in [9.17, 15) is 17.6 Å². The Hall–Kier alpha value is -2.72. The first-order chi connectivity index (χ1) is 12.8. The van der Waals surface area contributed by atoms with E-state index < -0.39 is 15.7 Å². The van der Waals surface area contributed by atoms with Gasteiger partial charge in [0, 0.05) is 11.8 Å². The number of hydrogen-bond donors (Lipinski definition) is 1. The van der Waals surface area contributed by atoms with E-state index in [1.807, 2.05) is 0 Å². The van der Waals surface area contributed by atoms with Gasteiger partial charge in [-0.3, -0.25) is 4.79 Å². The van der Waals surface area contributed by atoms with Crippen LogP contribution in [0.3, 0.4) is 0 Å². The van der Waals surface area contributed by atoms with Gasteiger partial charge in [0.25, 0.3) is 5.22 Å². The number of anilines is 1. The van der Waals surface area contributed by atoms with Gasteiger partial charge in [0.2, 0.25) is 11.8 Å². The molecule has 3 aromatic rings. The maximum Gasteiger partial charge on any atom is 0.277 e. The minimum Gasteiger partial charge on any atom is -0.411 e. The molecule has 0 aliphatic carbocycles. The lowest BCUT2D eigenvalue weighted by atomic mass is 10.2. The van der Waals surface area contributed by atoms with Crippen LogP contribution in [-0.2, 0) is 14.6 Å². The van der Waals surface area contributed by atoms with Crippen molar-refractivity contribution >= 4 is 33.2 Å². The van der Waals surface area contributed by atoms with Crippen LogP contribution < -0.4 is 5.32 Å². The summed E-state index contributed by atoms with van der Waals surface area (Å²) in [4.78, 5) is 12.2. The molecule has 0 aliphatic heterocycles. The standard InChI is InChI=1S/C17H14FN3O4S2/c1-27(23,24)14-5-3-2-4-13(14)19-15(22)10-26-17-21-20-16(25-17)11-6-8-12(18)9-7-11/h2-9H,10H2,1H3,(H,19,22). The Morgan fingerprint density at radius 2 is 1.85 bits per heavy atom. The second-order valence-corrected chi connectivity index (χ2v) is 8.40. The second kappa shape index (κ2) is 7.89. The number of amides is 1. The van der Waals surface area contributed by atoms with Gasteiger partial charge in [-0.05, 0) is 36.4 Å². The molecule has 7 nitrogen and oxygen atoms in total. The number of sulfone groups is 1. The minimum absolute atomic E-state index is 0.0414. The molecule has 1 aromatic heterocycles. The molecule has 27 heavy (non-hydrogen) atoms. The Balaban J connectivity index is 1.63. The van der Waals surface area contributed by atoms with Crippen molar-refractivity contribution in [2.24, 2.45) is 0 Å². The van der Waals surface area contributed by atoms with E-state index in [1.165, 1.54) is 36.4 Å². The molecule has 2 aromatic carbocycles. The van der Waals surface area contributed by atoms with Gasteiger partial charge in [-0.15, -0.1) is 10.2 Å². The van der Waals surface area contributed by atoms with Gasteiger partial charge in [-0.25, -0.2) is 12.8 Å². The van der Waals surface area contributed by atoms with E-state index in [4.69, 9.17) is 4.42 Å². The van der Waals surface area contributed by atoms with Crippen LogP contribution in [0.1, 0.15) is 0 Å². The molecule has 0 saturated heterocycles. The first-order valence-electron chi connectivity index (χ1n) is 7.64. The molecule has 0 aliphatic rings. The molecule has 0 fully saturated rings. The van der Waals surface area contributed by atoms with Crippen molar-refractivity contribution in [2.45, 2.75) is 10.1 Å². The number of rotatable bonds is 6. The van der Waals surface area contributed by atoms with Gasteiger partial charge >= 0.3 is 0 Å². The Morgan fingerprint density at radius 3 is 2.56 bits per heavy atom. The summed E-state index contributed by atoms with van der Waals surface area (Å²) < 4.78 is 41.9. The van der Waals surface area contributed by atoms with Crippen LogP contribution in [0.5, 0.6) is 0 Å². The molecular weight excluding hydrogens is 393 g/mol. The van der Waals surface area contributed by atoms with Gasteiger partial charge in [0.1, 0.15) is 5.82 Å². The SMILES string of the molecule is CS(=O)(=O)c1ccccc1NC(=O)CSc1nnc(-c2ccc(F)cc2)o1. The van der Waals surface area contributed by atoms with Crippen LogP contribution in [0.4, 0.5) is 10.1 Å². The van der Waals surface area contributed by atoms with Gasteiger partial charge in [0.05, 0.1) is 16.3 Å². The molecule has 0 spiro atoms. The topological polar surface area (TPSA) is 102 Å². The zero-order valence-electron chi connectivity index (χ0n) is 14.0. The summed E-state index contributed by atoms with van der Waals surface area (Å²) in [5, 5.41) is 10.4. The van der Waals surface area contributed by atoms with Crippen molar-refractivity contribution in [2.75, 3.05) is 17.3 Å². The molecular formula is C17H14FN3O4S2. The fraction of sp³-hybridized carbons (Fsp3) is 0.118. The second-order valence-electron chi connectivity index (χ2n) is 5.49. The van der Waals surface area contributed by atoms with Crippen LogP contribution in [0, 0.1) is 5.82 Å². The largest absolute Gasteiger partial charge is 0.411 e. The van der Waals surface area contributed by atoms with Gasteiger partial charge in [-0.2, -0.15) is 0 Å². The Morgan fingerprint density at radius 1 is 1.15 bits per heavy atom. The molecule has 3 rings (SSSR count). The third-order valence-electron chi connectivity index (χ3n) is 3.38. The molecule has 1 N–H and O–H groups in total. The molecule has 0 unspecified atom stereocenters. The Bertz CT molecular complexity index is 1070. The number of halogens is 1. The lowest BCUT2D eigenvalue weighted by molar-refractivity contribution is -0.113. The molecule has 1 amide bonds. The predicted octanol–water partition coefficient (Wildman–Crippen LogP) is 3.01. The van der Waals surface area contributed by atoms with Crippen molar-refractivity contribution in [3.63, 3.8) is 0 Å². The summed E-state index contributed by atoms with van der Waals surface area (Å²) in [6.45, 7) is 0. The maximum atomic E-state index is 12.9. The van der Waals surface area contributed by atoms with E-state index >= 15 is 0 Å². The molecule has 140 valence electrons. The van der Waals surface area contributed by atoms with Crippen molar-refractivity contribution in [3.05, 3.63) is 54.3 Å². The molecule has 0 saturated carbocycles. The summed E-state index contributed by atoms with van der Waals surface area (Å²) in [5.41, 5.74) is 0.769. The summed E-state index contributed by atoms with van der Waals surface area (Å²) in [6.07, 6.45) is 1.07. The number of benzene rings is 2. The fourth-order valence-electron chi connectivity index (χ4n) is 2.18. The molecule has 0 bridgehead atoms. The highest BCUT2D eigenvalue weighted by Crippen LogP contribution is 2.24. The number of carbonyl (C=O) groups is 1. The average Bonchev–Trinajstić information content (AvgIpc) is 3.09. The lowest BCUT2D eigenvalue weighted by Gasteiger charge is -2.08. The first kappa shape index (κ1) is 19.1. The van der Waals surface area contributed by atoms with Crippen LogP contribution >= 0.6 is 11.8 Å². The molecule has 1 heterocycles. The number of hydrogen-bond acceptors (Lipinski definition) is 7. The summed E-state index contributed by atoms with van der Waals surface area (Å²) in [5.74, 6) is -0.639. The number of nitrogens with zero attached hydrogens (tertiary/aromatic N) is 2. The highest BCUT2D eigenvalue weighted by Gasteiger charge is 2.16. The molecule has 10 heteroatoms. The van der Waals surface area contributed by atoms with Crippen LogP contribution in [0.2, 0.25) is 0 Å². The molecule has 0 radical (unpaired) electrons. The Kier molecular flexibility index (Phi) is 5.57. The van der Waals surface area contributed by atoms with Crippen molar-refractivity contribution < 1.29 is 22.0 Å². The smallest absolute Gasteiger partial charge is 0.277 e. The summed E-state index contributed by atoms with van der Waals surface area (Å²) in [6, 6.07) is 11.7. The number of nitrogens with one attached hydrogen (secondary N) is 1. The van der Waals surface area contributed by atoms with E-state index in [-0.39, 0.29) is 33.3 Å². The zero-order chi connectivity index (χ0) is 19.4. The third kappa shape index (κ3) is 4.92. The zero-order valence-corrected chi connectivity index (χ0v) is 15.7. The van der Waals surface area contributed by atoms with Crippen molar-refractivity contribution in [1.82, 2.24) is 10.2 Å². The lowest BCUT2D eigenvalue weighted by Crippen LogP contribution is -2.16. The van der Waals surface area contributed by atoms with Crippen molar-refractivity contribution in [1.29, 1.82) is 0 Å². The first-order valence-corrected chi connectivity index (χ1v) is 10.5. The van der Waals surface area contributed by atoms with Gasteiger partial charge in [-0.1, -0.05) is 23.9 Å². The maximum absolute atomic E-state index is 12.9. The van der Waals surface area contributed by atoms with E-state index in [1.54, 1.807) is 12.1 Å². The highest BCUT2D eigenvalue weighted by molar-refractivity contribution is 7.99. The summed E-state index contributed by atoms with van der Waals surface area (Å²) >= 11 is 1.00. The van der Waals surface area contributed by atoms with Gasteiger partial charge in [0.15, 0.2) is 9.84 Å². The number of carbonyl (C=O) groups excluding carboxylic acids is 1. The van der Waals surface area contributed by atoms with E-state index in [0.717, 1.165) is 18.0 Å². The quantitative estimate of drug-likeness (QED) is 0.627. The third-order valence-corrected chi connectivity index (χ3v) is 5.36. The number of thioether (sulfide) groups is 1.